The van der Waals surface area contributed by atoms with Crippen molar-refractivity contribution < 1.29 is 9.53 Å². The quantitative estimate of drug-likeness (QED) is 0.530. The first-order valence-corrected chi connectivity index (χ1v) is 9.64. The zero-order valence-corrected chi connectivity index (χ0v) is 16.9. The summed E-state index contributed by atoms with van der Waals surface area (Å²) >= 11 is 6.00. The maximum atomic E-state index is 12.9. The normalized spacial score (nSPS) is 10.7. The summed E-state index contributed by atoms with van der Waals surface area (Å²) in [4.78, 5) is 26.4. The maximum Gasteiger partial charge on any atom is 0.294 e. The van der Waals surface area contributed by atoms with Crippen LogP contribution in [0, 0.1) is 0 Å². The van der Waals surface area contributed by atoms with E-state index < -0.39 is 5.56 Å². The molecule has 1 aromatic heterocycles. The van der Waals surface area contributed by atoms with Crippen molar-refractivity contribution in [1.29, 1.82) is 0 Å². The topological polar surface area (TPSA) is 73.2 Å². The molecule has 0 fully saturated rings. The zero-order valence-electron chi connectivity index (χ0n) is 16.1. The number of benzene rings is 3. The highest BCUT2D eigenvalue weighted by Crippen LogP contribution is 2.25. The van der Waals surface area contributed by atoms with Crippen molar-refractivity contribution in [1.82, 2.24) is 9.89 Å². The molecule has 1 heterocycles. The van der Waals surface area contributed by atoms with Crippen molar-refractivity contribution in [3.8, 4) is 17.0 Å². The van der Waals surface area contributed by atoms with E-state index >= 15 is 0 Å². The Labute approximate surface area is 177 Å². The summed E-state index contributed by atoms with van der Waals surface area (Å²) in [5.41, 5.74) is 4.35. The lowest BCUT2D eigenvalue weighted by atomic mass is 10.1. The monoisotopic (exact) mass is 419 g/mol. The number of rotatable bonds is 5. The third-order valence-corrected chi connectivity index (χ3v) is 4.93. The number of carbonyl (C=O) groups is 1. The smallest absolute Gasteiger partial charge is 0.294 e. The van der Waals surface area contributed by atoms with Crippen LogP contribution < -0.4 is 15.7 Å². The average Bonchev–Trinajstić information content (AvgIpc) is 2.77. The Morgan fingerprint density at radius 2 is 1.67 bits per heavy atom. The van der Waals surface area contributed by atoms with Gasteiger partial charge in [-0.3, -0.25) is 9.59 Å². The van der Waals surface area contributed by atoms with Crippen LogP contribution in [0.2, 0.25) is 5.02 Å². The second-order valence-corrected chi connectivity index (χ2v) is 7.11. The minimum atomic E-state index is -0.397. The molecule has 7 heteroatoms. The Morgan fingerprint density at radius 3 is 2.33 bits per heavy atom. The highest BCUT2D eigenvalue weighted by atomic mass is 35.5. The number of nitrogens with one attached hydrogen (secondary N) is 1. The van der Waals surface area contributed by atoms with Gasteiger partial charge in [0.15, 0.2) is 0 Å². The number of methoxy groups -OCH3 is 1. The molecular formula is C23H18ClN3O3. The van der Waals surface area contributed by atoms with Crippen LogP contribution in [0.5, 0.6) is 5.75 Å². The molecular weight excluding hydrogens is 402 g/mol. The fraction of sp³-hybridized carbons (Fsp3) is 0.0870. The molecule has 30 heavy (non-hydrogen) atoms. The van der Waals surface area contributed by atoms with Crippen molar-refractivity contribution in [2.24, 2.45) is 0 Å². The highest BCUT2D eigenvalue weighted by molar-refractivity contribution is 6.30. The van der Waals surface area contributed by atoms with Gasteiger partial charge >= 0.3 is 0 Å². The van der Waals surface area contributed by atoms with E-state index in [2.05, 4.69) is 10.5 Å². The van der Waals surface area contributed by atoms with Gasteiger partial charge in [0.05, 0.1) is 18.9 Å². The Bertz CT molecular complexity index is 1270. The van der Waals surface area contributed by atoms with Gasteiger partial charge in [0.2, 0.25) is 5.91 Å². The Morgan fingerprint density at radius 1 is 1.00 bits per heavy atom. The minimum Gasteiger partial charge on any atom is -0.497 e. The lowest BCUT2D eigenvalue weighted by Crippen LogP contribution is -2.36. The number of nitrogens with zero attached hydrogens (tertiary/aromatic N) is 2. The van der Waals surface area contributed by atoms with Gasteiger partial charge in [-0.2, -0.15) is 0 Å². The lowest BCUT2D eigenvalue weighted by Gasteiger charge is -2.12. The standard InChI is InChI=1S/C23H18ClN3O3/c1-30-18-12-6-15(7-13-18)14-21(28)25-27-23(29)20-5-3-2-4-19(20)22(26-27)16-8-10-17(24)11-9-16/h2-13H,14H2,1H3,(H,25,28). The Hall–Kier alpha value is -3.64. The van der Waals surface area contributed by atoms with Crippen molar-refractivity contribution in [2.75, 3.05) is 12.5 Å². The molecule has 0 saturated heterocycles. The predicted molar refractivity (Wildman–Crippen MR) is 118 cm³/mol. The summed E-state index contributed by atoms with van der Waals surface area (Å²) in [6, 6.07) is 21.5. The summed E-state index contributed by atoms with van der Waals surface area (Å²) in [7, 11) is 1.58. The van der Waals surface area contributed by atoms with E-state index in [0.717, 1.165) is 15.9 Å². The van der Waals surface area contributed by atoms with Crippen LogP contribution in [-0.2, 0) is 11.2 Å². The molecule has 0 aliphatic rings. The van der Waals surface area contributed by atoms with E-state index in [1.165, 1.54) is 0 Å². The number of aromatic nitrogens is 2. The third kappa shape index (κ3) is 4.04. The molecule has 0 bridgehead atoms. The lowest BCUT2D eigenvalue weighted by molar-refractivity contribution is -0.116. The molecule has 4 aromatic rings. The van der Waals surface area contributed by atoms with Crippen molar-refractivity contribution >= 4 is 28.3 Å². The minimum absolute atomic E-state index is 0.0984. The average molecular weight is 420 g/mol. The van der Waals surface area contributed by atoms with Crippen LogP contribution in [0.15, 0.2) is 77.6 Å². The summed E-state index contributed by atoms with van der Waals surface area (Å²) < 4.78 is 5.12. The number of carbonyl (C=O) groups excluding carboxylic acids is 1. The zero-order chi connectivity index (χ0) is 21.1. The Kier molecular flexibility index (Phi) is 5.50. The Balaban J connectivity index is 1.69. The molecule has 6 nitrogen and oxygen atoms in total. The molecule has 0 spiro atoms. The number of ether oxygens (including phenoxy) is 1. The van der Waals surface area contributed by atoms with Gasteiger partial charge in [-0.05, 0) is 35.9 Å². The van der Waals surface area contributed by atoms with Crippen molar-refractivity contribution in [3.63, 3.8) is 0 Å². The van der Waals surface area contributed by atoms with E-state index in [4.69, 9.17) is 16.3 Å². The van der Waals surface area contributed by atoms with E-state index in [9.17, 15) is 9.59 Å². The molecule has 0 radical (unpaired) electrons. The third-order valence-electron chi connectivity index (χ3n) is 4.68. The molecule has 0 aliphatic heterocycles. The number of amides is 1. The van der Waals surface area contributed by atoms with Gasteiger partial charge in [0.25, 0.3) is 5.56 Å². The van der Waals surface area contributed by atoms with Crippen LogP contribution >= 0.6 is 11.6 Å². The number of hydrogen-bond donors (Lipinski definition) is 1. The first-order chi connectivity index (χ1) is 14.5. The molecule has 0 unspecified atom stereocenters. The summed E-state index contributed by atoms with van der Waals surface area (Å²) in [6.07, 6.45) is 0.0984. The van der Waals surface area contributed by atoms with E-state index in [1.807, 2.05) is 24.3 Å². The second-order valence-electron chi connectivity index (χ2n) is 6.68. The van der Waals surface area contributed by atoms with Crippen LogP contribution in [-0.4, -0.2) is 22.9 Å². The molecule has 0 saturated carbocycles. The molecule has 4 rings (SSSR count). The maximum absolute atomic E-state index is 12.9. The molecule has 1 amide bonds. The van der Waals surface area contributed by atoms with Crippen LogP contribution in [0.1, 0.15) is 5.56 Å². The SMILES string of the molecule is COc1ccc(CC(=O)Nn2nc(-c3ccc(Cl)cc3)c3ccccc3c2=O)cc1. The van der Waals surface area contributed by atoms with Crippen LogP contribution in [0.4, 0.5) is 0 Å². The first-order valence-electron chi connectivity index (χ1n) is 9.26. The van der Waals surface area contributed by atoms with E-state index in [-0.39, 0.29) is 12.3 Å². The van der Waals surface area contributed by atoms with Gasteiger partial charge in [0, 0.05) is 16.0 Å². The summed E-state index contributed by atoms with van der Waals surface area (Å²) in [6.45, 7) is 0. The predicted octanol–water partition coefficient (Wildman–Crippen LogP) is 4.04. The molecule has 1 N–H and O–H groups in total. The second kappa shape index (κ2) is 8.39. The van der Waals surface area contributed by atoms with Crippen LogP contribution in [0.3, 0.4) is 0 Å². The van der Waals surface area contributed by atoms with Crippen molar-refractivity contribution in [2.45, 2.75) is 6.42 Å². The molecule has 3 aromatic carbocycles. The fourth-order valence-electron chi connectivity index (χ4n) is 3.17. The van der Waals surface area contributed by atoms with Gasteiger partial charge in [0.1, 0.15) is 11.4 Å². The number of fused-ring (bicyclic) bond motifs is 1. The fourth-order valence-corrected chi connectivity index (χ4v) is 3.30. The van der Waals surface area contributed by atoms with Gasteiger partial charge < -0.3 is 4.74 Å². The summed E-state index contributed by atoms with van der Waals surface area (Å²) in [5, 5.41) is 6.18. The van der Waals surface area contributed by atoms with E-state index in [1.54, 1.807) is 55.6 Å². The summed E-state index contributed by atoms with van der Waals surface area (Å²) in [5.74, 6) is 0.353. The van der Waals surface area contributed by atoms with Gasteiger partial charge in [-0.1, -0.05) is 54.1 Å². The molecule has 0 atom stereocenters. The van der Waals surface area contributed by atoms with Gasteiger partial charge in [-0.25, -0.2) is 5.43 Å². The molecule has 0 aliphatic carbocycles. The van der Waals surface area contributed by atoms with Crippen molar-refractivity contribution in [3.05, 3.63) is 93.7 Å². The number of hydrogen-bond acceptors (Lipinski definition) is 4. The van der Waals surface area contributed by atoms with Gasteiger partial charge in [-0.15, -0.1) is 9.89 Å². The highest BCUT2D eigenvalue weighted by Gasteiger charge is 2.14. The van der Waals surface area contributed by atoms with E-state index in [0.29, 0.717) is 27.2 Å². The first kappa shape index (κ1) is 19.7. The largest absolute Gasteiger partial charge is 0.497 e. The number of halogens is 1. The molecule has 150 valence electrons. The van der Waals surface area contributed by atoms with Crippen LogP contribution in [0.25, 0.3) is 22.0 Å².